The number of halogens is 2. The number of anilines is 2. The van der Waals surface area contributed by atoms with Crippen LogP contribution >= 0.6 is 11.8 Å². The summed E-state index contributed by atoms with van der Waals surface area (Å²) in [5, 5.41) is 14.3. The molecule has 2 N–H and O–H groups in total. The van der Waals surface area contributed by atoms with E-state index in [-0.39, 0.29) is 23.3 Å². The maximum Gasteiger partial charge on any atom is 0.234 e. The third-order valence-electron chi connectivity index (χ3n) is 5.22. The molecule has 1 aliphatic carbocycles. The number of piperidine rings is 1. The van der Waals surface area contributed by atoms with E-state index < -0.39 is 17.5 Å². The summed E-state index contributed by atoms with van der Waals surface area (Å²) in [5.41, 5.74) is -0.197. The van der Waals surface area contributed by atoms with Gasteiger partial charge in [0, 0.05) is 25.2 Å². The summed E-state index contributed by atoms with van der Waals surface area (Å²) >= 11 is 1.15. The number of rotatable bonds is 7. The normalized spacial score (nSPS) is 18.5. The van der Waals surface area contributed by atoms with Crippen LogP contribution in [0, 0.1) is 17.6 Å². The first-order valence-corrected chi connectivity index (χ1v) is 11.2. The lowest BCUT2D eigenvalue weighted by Crippen LogP contribution is -2.44. The van der Waals surface area contributed by atoms with Crippen LogP contribution in [0.4, 0.5) is 20.3 Å². The smallest absolute Gasteiger partial charge is 0.234 e. The second kappa shape index (κ2) is 9.59. The quantitative estimate of drug-likeness (QED) is 0.635. The van der Waals surface area contributed by atoms with Gasteiger partial charge in [0.2, 0.25) is 11.8 Å². The fourth-order valence-electron chi connectivity index (χ4n) is 3.42. The molecule has 10 heteroatoms. The first-order chi connectivity index (χ1) is 15.0. The molecule has 0 spiro atoms. The van der Waals surface area contributed by atoms with E-state index in [1.165, 1.54) is 0 Å². The van der Waals surface area contributed by atoms with Gasteiger partial charge in [-0.25, -0.2) is 8.78 Å². The summed E-state index contributed by atoms with van der Waals surface area (Å²) in [6.45, 7) is 1.43. The highest BCUT2D eigenvalue weighted by molar-refractivity contribution is 7.99. The standard InChI is InChI=1S/C21H23F2N5O2S/c22-14-3-6-16(23)17(10-14)25-19(29)12-31-20-8-7-18(26-27-20)28-9-1-2-13(11-28)21(30)24-15-4-5-15/h3,6-8,10,13,15H,1-2,4-5,9,11-12H2,(H,24,30)(H,25,29)/t13-/m1/s1. The highest BCUT2D eigenvalue weighted by Gasteiger charge is 2.31. The Kier molecular flexibility index (Phi) is 6.64. The van der Waals surface area contributed by atoms with Gasteiger partial charge in [0.1, 0.15) is 16.7 Å². The number of nitrogens with one attached hydrogen (secondary N) is 2. The molecule has 1 saturated carbocycles. The Labute approximate surface area is 183 Å². The molecule has 1 saturated heterocycles. The third kappa shape index (κ3) is 5.90. The van der Waals surface area contributed by atoms with Crippen molar-refractivity contribution in [2.75, 3.05) is 29.1 Å². The van der Waals surface area contributed by atoms with E-state index in [2.05, 4.69) is 25.7 Å². The summed E-state index contributed by atoms with van der Waals surface area (Å²) in [6, 6.07) is 6.82. The van der Waals surface area contributed by atoms with E-state index >= 15 is 0 Å². The monoisotopic (exact) mass is 447 g/mol. The van der Waals surface area contributed by atoms with Crippen LogP contribution in [0.1, 0.15) is 25.7 Å². The number of nitrogens with zero attached hydrogens (tertiary/aromatic N) is 3. The second-order valence-electron chi connectivity index (χ2n) is 7.76. The van der Waals surface area contributed by atoms with Gasteiger partial charge < -0.3 is 15.5 Å². The molecule has 2 aliphatic rings. The van der Waals surface area contributed by atoms with Crippen LogP contribution < -0.4 is 15.5 Å². The van der Waals surface area contributed by atoms with Gasteiger partial charge in [-0.3, -0.25) is 9.59 Å². The van der Waals surface area contributed by atoms with Crippen molar-refractivity contribution >= 4 is 35.1 Å². The highest BCUT2D eigenvalue weighted by atomic mass is 32.2. The van der Waals surface area contributed by atoms with Crippen molar-refractivity contribution < 1.29 is 18.4 Å². The minimum Gasteiger partial charge on any atom is -0.354 e. The van der Waals surface area contributed by atoms with E-state index in [1.807, 2.05) is 6.07 Å². The topological polar surface area (TPSA) is 87.2 Å². The predicted molar refractivity (Wildman–Crippen MR) is 114 cm³/mol. The van der Waals surface area contributed by atoms with Crippen molar-refractivity contribution in [2.45, 2.75) is 36.8 Å². The van der Waals surface area contributed by atoms with E-state index in [9.17, 15) is 18.4 Å². The van der Waals surface area contributed by atoms with Crippen LogP contribution in [-0.2, 0) is 9.59 Å². The molecule has 0 unspecified atom stereocenters. The third-order valence-corrected chi connectivity index (χ3v) is 6.14. The van der Waals surface area contributed by atoms with Crippen molar-refractivity contribution in [3.63, 3.8) is 0 Å². The van der Waals surface area contributed by atoms with Gasteiger partial charge in [-0.05, 0) is 49.9 Å². The molecule has 1 aliphatic heterocycles. The van der Waals surface area contributed by atoms with Crippen LogP contribution in [0.3, 0.4) is 0 Å². The maximum absolute atomic E-state index is 13.6. The van der Waals surface area contributed by atoms with Gasteiger partial charge in [0.25, 0.3) is 0 Å². The number of amides is 2. The minimum atomic E-state index is -0.699. The maximum atomic E-state index is 13.6. The van der Waals surface area contributed by atoms with Crippen molar-refractivity contribution in [2.24, 2.45) is 5.92 Å². The van der Waals surface area contributed by atoms with E-state index in [0.717, 1.165) is 62.2 Å². The van der Waals surface area contributed by atoms with Crippen LogP contribution in [0.2, 0.25) is 0 Å². The van der Waals surface area contributed by atoms with Crippen molar-refractivity contribution in [3.05, 3.63) is 42.0 Å². The first kappa shape index (κ1) is 21.5. The van der Waals surface area contributed by atoms with Crippen LogP contribution in [-0.4, -0.2) is 46.9 Å². The number of hydrogen-bond donors (Lipinski definition) is 2. The average Bonchev–Trinajstić information content (AvgIpc) is 3.59. The molecule has 0 bridgehead atoms. The van der Waals surface area contributed by atoms with E-state index in [0.29, 0.717) is 23.4 Å². The molecule has 2 amide bonds. The lowest BCUT2D eigenvalue weighted by atomic mass is 9.97. The summed E-state index contributed by atoms with van der Waals surface area (Å²) in [5.74, 6) is -1.05. The Morgan fingerprint density at radius 2 is 1.97 bits per heavy atom. The van der Waals surface area contributed by atoms with Gasteiger partial charge in [-0.15, -0.1) is 10.2 Å². The van der Waals surface area contributed by atoms with Gasteiger partial charge in [-0.1, -0.05) is 11.8 Å². The lowest BCUT2D eigenvalue weighted by Gasteiger charge is -2.32. The Hall–Kier alpha value is -2.75. The van der Waals surface area contributed by atoms with Gasteiger partial charge in [-0.2, -0.15) is 0 Å². The predicted octanol–water partition coefficient (Wildman–Crippen LogP) is 2.98. The van der Waals surface area contributed by atoms with E-state index in [1.54, 1.807) is 6.07 Å². The summed E-state index contributed by atoms with van der Waals surface area (Å²) < 4.78 is 26.8. The average molecular weight is 448 g/mol. The highest BCUT2D eigenvalue weighted by Crippen LogP contribution is 2.25. The first-order valence-electron chi connectivity index (χ1n) is 10.2. The van der Waals surface area contributed by atoms with Gasteiger partial charge in [0.05, 0.1) is 17.4 Å². The molecular formula is C21H23F2N5O2S. The molecule has 31 heavy (non-hydrogen) atoms. The summed E-state index contributed by atoms with van der Waals surface area (Å²) in [6.07, 6.45) is 3.93. The number of benzene rings is 1. The molecule has 2 aromatic rings. The molecule has 2 heterocycles. The zero-order chi connectivity index (χ0) is 21.8. The zero-order valence-electron chi connectivity index (χ0n) is 16.8. The molecule has 1 aromatic carbocycles. The second-order valence-corrected chi connectivity index (χ2v) is 8.75. The number of hydrogen-bond acceptors (Lipinski definition) is 6. The fraction of sp³-hybridized carbons (Fsp3) is 0.429. The zero-order valence-corrected chi connectivity index (χ0v) is 17.6. The molecular weight excluding hydrogens is 424 g/mol. The van der Waals surface area contributed by atoms with Crippen molar-refractivity contribution in [1.82, 2.24) is 15.5 Å². The minimum absolute atomic E-state index is 0.0168. The van der Waals surface area contributed by atoms with Crippen LogP contribution in [0.15, 0.2) is 35.4 Å². The largest absolute Gasteiger partial charge is 0.354 e. The number of carbonyl (C=O) groups excluding carboxylic acids is 2. The Balaban J connectivity index is 1.28. The Morgan fingerprint density at radius 3 is 2.71 bits per heavy atom. The molecule has 2 fully saturated rings. The molecule has 164 valence electrons. The van der Waals surface area contributed by atoms with Crippen molar-refractivity contribution in [1.29, 1.82) is 0 Å². The molecule has 1 aromatic heterocycles. The molecule has 4 rings (SSSR count). The van der Waals surface area contributed by atoms with E-state index in [4.69, 9.17) is 0 Å². The van der Waals surface area contributed by atoms with Crippen molar-refractivity contribution in [3.8, 4) is 0 Å². The SMILES string of the molecule is O=C(CSc1ccc(N2CCC[C@@H](C(=O)NC3CC3)C2)nn1)Nc1cc(F)ccc1F. The number of thioether (sulfide) groups is 1. The Bertz CT molecular complexity index is 955. The lowest BCUT2D eigenvalue weighted by molar-refractivity contribution is -0.125. The Morgan fingerprint density at radius 1 is 1.13 bits per heavy atom. The van der Waals surface area contributed by atoms with Crippen LogP contribution in [0.5, 0.6) is 0 Å². The summed E-state index contributed by atoms with van der Waals surface area (Å²) in [4.78, 5) is 26.4. The molecule has 1 atom stereocenters. The fourth-order valence-corrected chi connectivity index (χ4v) is 4.04. The molecule has 7 nitrogen and oxygen atoms in total. The van der Waals surface area contributed by atoms with Gasteiger partial charge in [0.15, 0.2) is 5.82 Å². The van der Waals surface area contributed by atoms with Gasteiger partial charge >= 0.3 is 0 Å². The summed E-state index contributed by atoms with van der Waals surface area (Å²) in [7, 11) is 0. The number of aromatic nitrogens is 2. The molecule has 0 radical (unpaired) electrons. The number of carbonyl (C=O) groups is 2. The van der Waals surface area contributed by atoms with Crippen LogP contribution in [0.25, 0.3) is 0 Å².